The molecule has 2 aromatic carbocycles. The molecule has 4 rings (SSSR count). The molecule has 1 aliphatic heterocycles. The lowest BCUT2D eigenvalue weighted by Crippen LogP contribution is -2.29. The summed E-state index contributed by atoms with van der Waals surface area (Å²) in [7, 11) is 0. The number of halogens is 2. The third-order valence-corrected chi connectivity index (χ3v) is 6.72. The van der Waals surface area contributed by atoms with E-state index in [0.29, 0.717) is 11.1 Å². The van der Waals surface area contributed by atoms with E-state index in [1.165, 1.54) is 30.3 Å². The molecule has 36 heavy (non-hydrogen) atoms. The first kappa shape index (κ1) is 24.9. The molecule has 1 fully saturated rings. The zero-order valence-corrected chi connectivity index (χ0v) is 20.1. The van der Waals surface area contributed by atoms with Crippen LogP contribution in [-0.2, 0) is 14.3 Å². The summed E-state index contributed by atoms with van der Waals surface area (Å²) in [5.74, 6) is -4.48. The maximum absolute atomic E-state index is 14.2. The second kappa shape index (κ2) is 9.82. The fourth-order valence-corrected chi connectivity index (χ4v) is 4.75. The number of amides is 1. The van der Waals surface area contributed by atoms with Crippen molar-refractivity contribution in [3.63, 3.8) is 0 Å². The van der Waals surface area contributed by atoms with Crippen LogP contribution in [0.3, 0.4) is 0 Å². The maximum Gasteiger partial charge on any atom is 0.350 e. The molecule has 184 valence electrons. The molecule has 1 aliphatic rings. The molecule has 7 nitrogen and oxygen atoms in total. The van der Waals surface area contributed by atoms with Crippen LogP contribution in [0.5, 0.6) is 0 Å². The Morgan fingerprint density at radius 3 is 2.53 bits per heavy atom. The van der Waals surface area contributed by atoms with Crippen LogP contribution in [0.1, 0.15) is 38.1 Å². The number of esters is 1. The van der Waals surface area contributed by atoms with E-state index in [2.05, 4.69) is 11.6 Å². The summed E-state index contributed by atoms with van der Waals surface area (Å²) >= 11 is 0.831. The van der Waals surface area contributed by atoms with Gasteiger partial charge in [-0.25, -0.2) is 18.6 Å². The zero-order chi connectivity index (χ0) is 26.1. The number of anilines is 1. The first-order valence-corrected chi connectivity index (χ1v) is 11.5. The summed E-state index contributed by atoms with van der Waals surface area (Å²) in [5.41, 5.74) is 0.569. The van der Waals surface area contributed by atoms with E-state index in [1.807, 2.05) is 0 Å². The first-order valence-electron chi connectivity index (χ1n) is 10.7. The number of aromatic nitrogens is 1. The van der Waals surface area contributed by atoms with Gasteiger partial charge in [-0.15, -0.1) is 0 Å². The van der Waals surface area contributed by atoms with Crippen LogP contribution >= 0.6 is 11.3 Å². The number of hydrogen-bond donors (Lipinski definition) is 1. The molecule has 1 atom stereocenters. The number of nitrogens with zero attached hydrogens (tertiary/aromatic N) is 2. The number of aryl methyl sites for hydroxylation is 2. The zero-order valence-electron chi connectivity index (χ0n) is 19.2. The molecule has 3 aromatic rings. The highest BCUT2D eigenvalue weighted by atomic mass is 32.1. The van der Waals surface area contributed by atoms with Gasteiger partial charge in [-0.05, 0) is 43.2 Å². The Labute approximate surface area is 209 Å². The Kier molecular flexibility index (Phi) is 6.80. The van der Waals surface area contributed by atoms with Crippen LogP contribution in [0.2, 0.25) is 0 Å². The molecule has 1 saturated heterocycles. The van der Waals surface area contributed by atoms with Crippen molar-refractivity contribution in [2.45, 2.75) is 19.9 Å². The van der Waals surface area contributed by atoms with E-state index in [9.17, 15) is 28.3 Å². The average Bonchev–Trinajstić information content (AvgIpc) is 3.36. The van der Waals surface area contributed by atoms with Gasteiger partial charge in [0.05, 0.1) is 17.3 Å². The molecular weight excluding hydrogens is 490 g/mol. The number of rotatable bonds is 6. The minimum Gasteiger partial charge on any atom is -0.507 e. The Balaban J connectivity index is 1.89. The van der Waals surface area contributed by atoms with Crippen LogP contribution in [0, 0.1) is 25.5 Å². The fraction of sp³-hybridized carbons (Fsp3) is 0.154. The first-order chi connectivity index (χ1) is 17.1. The lowest BCUT2D eigenvalue weighted by Gasteiger charge is -2.23. The van der Waals surface area contributed by atoms with E-state index in [-0.39, 0.29) is 33.4 Å². The minimum absolute atomic E-state index is 0.00335. The van der Waals surface area contributed by atoms with Crippen molar-refractivity contribution in [1.82, 2.24) is 4.98 Å². The van der Waals surface area contributed by atoms with Crippen molar-refractivity contribution in [3.8, 4) is 0 Å². The van der Waals surface area contributed by atoms with Crippen molar-refractivity contribution in [2.24, 2.45) is 0 Å². The Hall–Kier alpha value is -4.18. The molecule has 1 unspecified atom stereocenters. The average molecular weight is 511 g/mol. The Morgan fingerprint density at radius 2 is 1.89 bits per heavy atom. The monoisotopic (exact) mass is 510 g/mol. The third-order valence-electron chi connectivity index (χ3n) is 5.58. The summed E-state index contributed by atoms with van der Waals surface area (Å²) in [6.07, 6.45) is 1.40. The fourth-order valence-electron chi connectivity index (χ4n) is 3.76. The van der Waals surface area contributed by atoms with Gasteiger partial charge >= 0.3 is 11.9 Å². The quantitative estimate of drug-likeness (QED) is 0.165. The van der Waals surface area contributed by atoms with Gasteiger partial charge in [-0.2, -0.15) is 0 Å². The molecule has 0 bridgehead atoms. The van der Waals surface area contributed by atoms with Gasteiger partial charge in [-0.3, -0.25) is 14.5 Å². The van der Waals surface area contributed by atoms with Gasteiger partial charge in [-0.1, -0.05) is 48.3 Å². The third kappa shape index (κ3) is 4.42. The number of thiazole rings is 1. The summed E-state index contributed by atoms with van der Waals surface area (Å²) in [4.78, 5) is 44.2. The number of aliphatic hydroxyl groups excluding tert-OH is 1. The standard InChI is InChI=1S/C26H20F2N2O5S/c1-4-11-35-25(34)23-14(3)29-26(36-23)30-20(15-7-9-17(27)10-8-15)19(22(32)24(30)33)21(31)16-6-5-13(2)18(28)12-16/h4-10,12,20,31H,1,11H2,2-3H3/b21-19+. The lowest BCUT2D eigenvalue weighted by atomic mass is 9.95. The number of carbonyl (C=O) groups is 3. The molecule has 1 amide bonds. The van der Waals surface area contributed by atoms with Crippen molar-refractivity contribution in [1.29, 1.82) is 0 Å². The van der Waals surface area contributed by atoms with Gasteiger partial charge in [0, 0.05) is 5.56 Å². The molecule has 0 saturated carbocycles. The minimum atomic E-state index is -1.21. The predicted molar refractivity (Wildman–Crippen MR) is 130 cm³/mol. The molecular formula is C26H20F2N2O5S. The number of carbonyl (C=O) groups excluding carboxylic acids is 3. The highest BCUT2D eigenvalue weighted by Crippen LogP contribution is 2.44. The highest BCUT2D eigenvalue weighted by molar-refractivity contribution is 7.17. The van der Waals surface area contributed by atoms with Crippen LogP contribution in [0.4, 0.5) is 13.9 Å². The molecule has 0 spiro atoms. The molecule has 10 heteroatoms. The van der Waals surface area contributed by atoms with Crippen LogP contribution < -0.4 is 4.90 Å². The Bertz CT molecular complexity index is 1430. The van der Waals surface area contributed by atoms with Gasteiger partial charge in [0.1, 0.15) is 28.9 Å². The van der Waals surface area contributed by atoms with Crippen molar-refractivity contribution >= 4 is 39.9 Å². The summed E-state index contributed by atoms with van der Waals surface area (Å²) in [6.45, 7) is 6.54. The van der Waals surface area contributed by atoms with Crippen LogP contribution in [0.15, 0.2) is 60.7 Å². The van der Waals surface area contributed by atoms with E-state index < -0.39 is 41.1 Å². The SMILES string of the molecule is C=CCOC(=O)c1sc(N2C(=O)C(=O)/C(=C(/O)c3ccc(C)c(F)c3)C2c2ccc(F)cc2)nc1C. The van der Waals surface area contributed by atoms with E-state index in [0.717, 1.165) is 34.4 Å². The number of benzene rings is 2. The van der Waals surface area contributed by atoms with Crippen molar-refractivity contribution < 1.29 is 33.0 Å². The molecule has 1 aromatic heterocycles. The summed E-state index contributed by atoms with van der Waals surface area (Å²) in [6, 6.07) is 7.71. The molecule has 0 radical (unpaired) electrons. The topological polar surface area (TPSA) is 96.8 Å². The van der Waals surface area contributed by atoms with Gasteiger partial charge < -0.3 is 9.84 Å². The highest BCUT2D eigenvalue weighted by Gasteiger charge is 2.48. The summed E-state index contributed by atoms with van der Waals surface area (Å²) in [5, 5.41) is 11.1. The van der Waals surface area contributed by atoms with E-state index >= 15 is 0 Å². The van der Waals surface area contributed by atoms with Gasteiger partial charge in [0.2, 0.25) is 0 Å². The largest absolute Gasteiger partial charge is 0.507 e. The van der Waals surface area contributed by atoms with Crippen molar-refractivity contribution in [3.05, 3.63) is 99.6 Å². The van der Waals surface area contributed by atoms with Crippen molar-refractivity contribution in [2.75, 3.05) is 11.5 Å². The second-order valence-corrected chi connectivity index (χ2v) is 8.96. The number of aliphatic hydroxyl groups is 1. The number of Topliss-reactive ketones (excluding diaryl/α,β-unsaturated/α-hetero) is 1. The van der Waals surface area contributed by atoms with Gasteiger partial charge in [0.15, 0.2) is 5.13 Å². The Morgan fingerprint density at radius 1 is 1.19 bits per heavy atom. The molecule has 2 heterocycles. The normalized spacial score (nSPS) is 16.9. The summed E-state index contributed by atoms with van der Waals surface area (Å²) < 4.78 is 33.0. The number of ketones is 1. The smallest absolute Gasteiger partial charge is 0.350 e. The van der Waals surface area contributed by atoms with E-state index in [4.69, 9.17) is 4.74 Å². The lowest BCUT2D eigenvalue weighted by molar-refractivity contribution is -0.132. The number of hydrogen-bond acceptors (Lipinski definition) is 7. The van der Waals surface area contributed by atoms with Gasteiger partial charge in [0.25, 0.3) is 5.78 Å². The maximum atomic E-state index is 14.2. The van der Waals surface area contributed by atoms with E-state index in [1.54, 1.807) is 13.8 Å². The molecule has 1 N–H and O–H groups in total. The number of ether oxygens (including phenoxy) is 1. The molecule has 0 aliphatic carbocycles. The second-order valence-electron chi connectivity index (χ2n) is 7.98. The predicted octanol–water partition coefficient (Wildman–Crippen LogP) is 5.01. The van der Waals surface area contributed by atoms with Crippen LogP contribution in [0.25, 0.3) is 5.76 Å². The van der Waals surface area contributed by atoms with Crippen LogP contribution in [-0.4, -0.2) is 34.4 Å².